The lowest BCUT2D eigenvalue weighted by Gasteiger charge is -2.09. The molecule has 4 nitrogen and oxygen atoms in total. The average Bonchev–Trinajstić information content (AvgIpc) is 3.09. The summed E-state index contributed by atoms with van der Waals surface area (Å²) in [5.41, 5.74) is 4.35. The van der Waals surface area contributed by atoms with Crippen molar-refractivity contribution in [1.29, 1.82) is 5.41 Å². The van der Waals surface area contributed by atoms with Crippen LogP contribution in [-0.4, -0.2) is 22.3 Å². The summed E-state index contributed by atoms with van der Waals surface area (Å²) in [5.74, 6) is 0.463. The Balaban J connectivity index is 1.56. The van der Waals surface area contributed by atoms with Gasteiger partial charge in [-0.3, -0.25) is 5.41 Å². The first-order chi connectivity index (χ1) is 11.3. The highest BCUT2D eigenvalue weighted by molar-refractivity contribution is 5.96. The predicted octanol–water partition coefficient (Wildman–Crippen LogP) is 3.16. The number of imidazole rings is 1. The molecule has 0 bridgehead atoms. The maximum Gasteiger partial charge on any atom is 0.125 e. The molecule has 23 heavy (non-hydrogen) atoms. The molecule has 2 aromatic carbocycles. The minimum Gasteiger partial charge on any atom is -0.370 e. The Bertz CT molecular complexity index is 748. The van der Waals surface area contributed by atoms with Crippen LogP contribution in [0.15, 0.2) is 67.1 Å². The quantitative estimate of drug-likeness (QED) is 0.484. The van der Waals surface area contributed by atoms with Gasteiger partial charge in [-0.05, 0) is 23.6 Å². The minimum atomic E-state index is 0.463. The first-order valence-electron chi connectivity index (χ1n) is 7.74. The lowest BCUT2D eigenvalue weighted by Crippen LogP contribution is -2.25. The Morgan fingerprint density at radius 3 is 2.65 bits per heavy atom. The molecular formula is C19H20N4. The smallest absolute Gasteiger partial charge is 0.125 e. The fourth-order valence-corrected chi connectivity index (χ4v) is 2.51. The number of benzene rings is 2. The molecule has 1 aromatic heterocycles. The summed E-state index contributed by atoms with van der Waals surface area (Å²) < 4.78 is 0. The number of nitrogens with zero attached hydrogens (tertiary/aromatic N) is 1. The lowest BCUT2D eigenvalue weighted by molar-refractivity contribution is 0.861. The summed E-state index contributed by atoms with van der Waals surface area (Å²) >= 11 is 0. The molecule has 116 valence electrons. The van der Waals surface area contributed by atoms with E-state index in [0.29, 0.717) is 5.84 Å². The molecule has 0 unspecified atom stereocenters. The highest BCUT2D eigenvalue weighted by Crippen LogP contribution is 2.10. The Labute approximate surface area is 136 Å². The topological polar surface area (TPSA) is 64.6 Å². The van der Waals surface area contributed by atoms with Crippen LogP contribution in [0.2, 0.25) is 0 Å². The number of H-pyrrole nitrogens is 1. The van der Waals surface area contributed by atoms with Crippen LogP contribution in [0, 0.1) is 5.41 Å². The van der Waals surface area contributed by atoms with Gasteiger partial charge in [0.15, 0.2) is 0 Å². The number of aromatic nitrogens is 2. The van der Waals surface area contributed by atoms with E-state index in [0.717, 1.165) is 36.2 Å². The van der Waals surface area contributed by atoms with Gasteiger partial charge in [0, 0.05) is 24.7 Å². The summed E-state index contributed by atoms with van der Waals surface area (Å²) in [7, 11) is 0. The summed E-state index contributed by atoms with van der Waals surface area (Å²) in [6.07, 6.45) is 5.27. The van der Waals surface area contributed by atoms with Crippen molar-refractivity contribution >= 4 is 5.84 Å². The van der Waals surface area contributed by atoms with Crippen molar-refractivity contribution in [3.8, 4) is 0 Å². The van der Waals surface area contributed by atoms with Gasteiger partial charge >= 0.3 is 0 Å². The number of hydrogen-bond donors (Lipinski definition) is 3. The van der Waals surface area contributed by atoms with Crippen LogP contribution >= 0.6 is 0 Å². The second-order valence-electron chi connectivity index (χ2n) is 5.48. The van der Waals surface area contributed by atoms with Crippen molar-refractivity contribution < 1.29 is 0 Å². The van der Waals surface area contributed by atoms with E-state index in [2.05, 4.69) is 33.5 Å². The van der Waals surface area contributed by atoms with Crippen molar-refractivity contribution in [2.24, 2.45) is 0 Å². The third kappa shape index (κ3) is 4.30. The van der Waals surface area contributed by atoms with Crippen LogP contribution in [0.5, 0.6) is 0 Å². The molecule has 0 saturated carbocycles. The van der Waals surface area contributed by atoms with Gasteiger partial charge in [-0.2, -0.15) is 0 Å². The van der Waals surface area contributed by atoms with Crippen LogP contribution in [-0.2, 0) is 12.8 Å². The zero-order valence-electron chi connectivity index (χ0n) is 12.9. The van der Waals surface area contributed by atoms with Gasteiger partial charge in [-0.1, -0.05) is 48.5 Å². The molecule has 3 aromatic rings. The minimum absolute atomic E-state index is 0.463. The van der Waals surface area contributed by atoms with E-state index in [4.69, 9.17) is 5.41 Å². The van der Waals surface area contributed by atoms with E-state index in [9.17, 15) is 0 Å². The molecule has 0 aliphatic carbocycles. The Kier molecular flexibility index (Phi) is 4.84. The van der Waals surface area contributed by atoms with Gasteiger partial charge in [0.25, 0.3) is 0 Å². The van der Waals surface area contributed by atoms with Crippen molar-refractivity contribution in [3.63, 3.8) is 0 Å². The molecule has 0 amide bonds. The number of hydrogen-bond acceptors (Lipinski definition) is 2. The van der Waals surface area contributed by atoms with Gasteiger partial charge in [-0.25, -0.2) is 4.98 Å². The Morgan fingerprint density at radius 2 is 1.87 bits per heavy atom. The van der Waals surface area contributed by atoms with Crippen molar-refractivity contribution in [1.82, 2.24) is 15.3 Å². The third-order valence-electron chi connectivity index (χ3n) is 3.71. The van der Waals surface area contributed by atoms with Crippen LogP contribution in [0.25, 0.3) is 0 Å². The third-order valence-corrected chi connectivity index (χ3v) is 3.71. The first kappa shape index (κ1) is 15.0. The van der Waals surface area contributed by atoms with E-state index in [-0.39, 0.29) is 0 Å². The molecule has 0 saturated heterocycles. The van der Waals surface area contributed by atoms with Crippen LogP contribution < -0.4 is 5.32 Å². The molecular weight excluding hydrogens is 284 g/mol. The molecule has 0 aliphatic rings. The molecule has 0 aliphatic heterocycles. The second-order valence-corrected chi connectivity index (χ2v) is 5.48. The highest BCUT2D eigenvalue weighted by Gasteiger charge is 2.04. The van der Waals surface area contributed by atoms with Crippen molar-refractivity contribution in [2.75, 3.05) is 6.54 Å². The van der Waals surface area contributed by atoms with Gasteiger partial charge in [-0.15, -0.1) is 0 Å². The largest absolute Gasteiger partial charge is 0.370 e. The molecule has 3 N–H and O–H groups in total. The Morgan fingerprint density at radius 1 is 1.04 bits per heavy atom. The number of aromatic amines is 1. The van der Waals surface area contributed by atoms with E-state index in [1.807, 2.05) is 42.6 Å². The molecule has 3 rings (SSSR count). The van der Waals surface area contributed by atoms with Gasteiger partial charge in [0.05, 0.1) is 12.0 Å². The zero-order chi connectivity index (χ0) is 15.9. The monoisotopic (exact) mass is 304 g/mol. The van der Waals surface area contributed by atoms with E-state index in [1.165, 1.54) is 5.56 Å². The van der Waals surface area contributed by atoms with Gasteiger partial charge < -0.3 is 10.3 Å². The van der Waals surface area contributed by atoms with Crippen molar-refractivity contribution in [2.45, 2.75) is 12.8 Å². The predicted molar refractivity (Wildman–Crippen MR) is 92.8 cm³/mol. The number of rotatable bonds is 6. The number of amidine groups is 1. The average molecular weight is 304 g/mol. The first-order valence-corrected chi connectivity index (χ1v) is 7.74. The van der Waals surface area contributed by atoms with E-state index < -0.39 is 0 Å². The van der Waals surface area contributed by atoms with Gasteiger partial charge in [0.1, 0.15) is 5.84 Å². The fraction of sp³-hybridized carbons (Fsp3) is 0.158. The highest BCUT2D eigenvalue weighted by atomic mass is 14.9. The van der Waals surface area contributed by atoms with Crippen LogP contribution in [0.1, 0.15) is 22.4 Å². The summed E-state index contributed by atoms with van der Waals surface area (Å²) in [5, 5.41) is 11.4. The molecule has 0 atom stereocenters. The van der Waals surface area contributed by atoms with Gasteiger partial charge in [0.2, 0.25) is 0 Å². The zero-order valence-corrected chi connectivity index (χ0v) is 12.9. The van der Waals surface area contributed by atoms with Crippen LogP contribution in [0.3, 0.4) is 0 Å². The maximum absolute atomic E-state index is 8.21. The fourth-order valence-electron chi connectivity index (χ4n) is 2.51. The summed E-state index contributed by atoms with van der Waals surface area (Å²) in [6, 6.07) is 18.4. The molecule has 4 heteroatoms. The molecule has 1 heterocycles. The Hall–Kier alpha value is -2.88. The number of nitrogens with one attached hydrogen (secondary N) is 3. The second kappa shape index (κ2) is 7.40. The van der Waals surface area contributed by atoms with Crippen LogP contribution in [0.4, 0.5) is 0 Å². The molecule has 0 spiro atoms. The van der Waals surface area contributed by atoms with Crippen molar-refractivity contribution in [3.05, 3.63) is 89.5 Å². The lowest BCUT2D eigenvalue weighted by atomic mass is 10.1. The normalized spacial score (nSPS) is 10.4. The maximum atomic E-state index is 8.21. The molecule has 0 radical (unpaired) electrons. The van der Waals surface area contributed by atoms with E-state index in [1.54, 1.807) is 6.33 Å². The standard InChI is InChI=1S/C19H20N4/c20-19(22-10-9-15-5-2-1-3-6-15)17-8-4-7-16(11-17)12-18-13-21-14-23-18/h1-8,11,13-14H,9-10,12H2,(H2,20,22)(H,21,23). The summed E-state index contributed by atoms with van der Waals surface area (Å²) in [6.45, 7) is 0.756. The molecule has 0 fully saturated rings. The summed E-state index contributed by atoms with van der Waals surface area (Å²) in [4.78, 5) is 7.21. The van der Waals surface area contributed by atoms with E-state index >= 15 is 0 Å². The SMILES string of the molecule is N=C(NCCc1ccccc1)c1cccc(Cc2c[nH]cn2)c1.